The summed E-state index contributed by atoms with van der Waals surface area (Å²) in [5, 5.41) is 3.70. The number of aryl methyl sites for hydroxylation is 1. The summed E-state index contributed by atoms with van der Waals surface area (Å²) in [6.45, 7) is 2.85. The average Bonchev–Trinajstić information content (AvgIpc) is 3.30. The van der Waals surface area contributed by atoms with E-state index in [4.69, 9.17) is 20.2 Å². The van der Waals surface area contributed by atoms with Gasteiger partial charge in [0.25, 0.3) is 5.92 Å². The molecule has 9 rings (SSSR count). The molecule has 3 aromatic heterocycles. The second-order valence-corrected chi connectivity index (χ2v) is 14.2. The summed E-state index contributed by atoms with van der Waals surface area (Å²) < 4.78 is 101. The van der Waals surface area contributed by atoms with Crippen LogP contribution >= 0.6 is 0 Å². The predicted octanol–water partition coefficient (Wildman–Crippen LogP) is 4.48. The van der Waals surface area contributed by atoms with Gasteiger partial charge < -0.3 is 25.4 Å². The van der Waals surface area contributed by atoms with Crippen LogP contribution in [0.3, 0.4) is 0 Å². The third-order valence-corrected chi connectivity index (χ3v) is 11.3. The van der Waals surface area contributed by atoms with E-state index in [0.717, 1.165) is 25.3 Å². The second kappa shape index (κ2) is 9.49. The van der Waals surface area contributed by atoms with Crippen LogP contribution in [-0.4, -0.2) is 87.3 Å². The smallest absolute Gasteiger partial charge is 0.418 e. The molecule has 8 heterocycles. The average molecular weight is 663 g/mol. The van der Waals surface area contributed by atoms with Crippen LogP contribution in [0.5, 0.6) is 11.9 Å². The van der Waals surface area contributed by atoms with Crippen LogP contribution in [0, 0.1) is 18.2 Å². The maximum atomic E-state index is 16.7. The van der Waals surface area contributed by atoms with Gasteiger partial charge in [0.15, 0.2) is 5.82 Å². The number of alkyl halides is 5. The number of nitrogen functional groups attached to an aromatic ring is 1. The van der Waals surface area contributed by atoms with E-state index in [0.29, 0.717) is 25.3 Å². The van der Waals surface area contributed by atoms with Gasteiger partial charge in [-0.15, -0.1) is 0 Å². The lowest BCUT2D eigenvalue weighted by molar-refractivity contribution is -0.137. The third-order valence-electron chi connectivity index (χ3n) is 11.3. The number of piperazine rings is 1. The van der Waals surface area contributed by atoms with Crippen molar-refractivity contribution < 1.29 is 35.8 Å². The largest absolute Gasteiger partial charge is 0.475 e. The Kier molecular flexibility index (Phi) is 5.95. The van der Waals surface area contributed by atoms with Crippen LogP contribution in [0.2, 0.25) is 0 Å². The van der Waals surface area contributed by atoms with Crippen LogP contribution < -0.4 is 25.4 Å². The monoisotopic (exact) mass is 662 g/mol. The fourth-order valence-electron chi connectivity index (χ4n) is 9.02. The number of anilines is 2. The lowest BCUT2D eigenvalue weighted by Crippen LogP contribution is -2.60. The molecule has 1 spiro atoms. The van der Waals surface area contributed by atoms with Gasteiger partial charge in [-0.3, -0.25) is 4.90 Å². The molecule has 3 aromatic rings. The standard InChI is InChI=1S/C31H32F6N8O2/c1-14-7-18(38)40-23(20(14)31(35,36)37)24-21(32)22-19-25(45-8-15-3-4-16(39-15)17(45)9-46-26(19)41-24)43-27(42-22)47-13-29-5-2-6-44(29)12-28(10-29)11-30(28,33)34/h7,15-17,39H,2-6,8-13H2,1H3,(H2,38,40)/t15-,16+,17-,28?,29+/m1/s1. The van der Waals surface area contributed by atoms with Gasteiger partial charge in [0.1, 0.15) is 47.1 Å². The van der Waals surface area contributed by atoms with Gasteiger partial charge in [-0.25, -0.2) is 23.1 Å². The van der Waals surface area contributed by atoms with Gasteiger partial charge in [-0.05, 0) is 57.2 Å². The Morgan fingerprint density at radius 3 is 2.70 bits per heavy atom. The Labute approximate surface area is 265 Å². The molecule has 16 heteroatoms. The third kappa shape index (κ3) is 4.25. The highest BCUT2D eigenvalue weighted by Crippen LogP contribution is 2.69. The van der Waals surface area contributed by atoms with Crippen molar-refractivity contribution in [3.8, 4) is 23.3 Å². The molecule has 5 atom stereocenters. The van der Waals surface area contributed by atoms with Gasteiger partial charge in [-0.1, -0.05) is 0 Å². The minimum Gasteiger partial charge on any atom is -0.475 e. The molecule has 1 unspecified atom stereocenters. The van der Waals surface area contributed by atoms with Crippen molar-refractivity contribution in [3.05, 3.63) is 23.0 Å². The molecule has 0 aromatic carbocycles. The predicted molar refractivity (Wildman–Crippen MR) is 157 cm³/mol. The van der Waals surface area contributed by atoms with Crippen LogP contribution in [-0.2, 0) is 6.18 Å². The van der Waals surface area contributed by atoms with Crippen LogP contribution in [0.1, 0.15) is 49.7 Å². The van der Waals surface area contributed by atoms with E-state index in [1.165, 1.54) is 6.92 Å². The number of nitrogens with two attached hydrogens (primary N) is 1. The molecule has 2 bridgehead atoms. The molecule has 0 radical (unpaired) electrons. The minimum absolute atomic E-state index is 0.0170. The quantitative estimate of drug-likeness (QED) is 0.388. The van der Waals surface area contributed by atoms with Crippen molar-refractivity contribution in [2.75, 3.05) is 43.5 Å². The van der Waals surface area contributed by atoms with Gasteiger partial charge in [0.2, 0.25) is 5.88 Å². The van der Waals surface area contributed by atoms with Gasteiger partial charge in [0.05, 0.1) is 22.6 Å². The zero-order valence-corrected chi connectivity index (χ0v) is 25.4. The van der Waals surface area contributed by atoms with Crippen molar-refractivity contribution in [1.82, 2.24) is 30.2 Å². The van der Waals surface area contributed by atoms with Gasteiger partial charge in [-0.2, -0.15) is 23.1 Å². The van der Waals surface area contributed by atoms with Gasteiger partial charge >= 0.3 is 12.2 Å². The summed E-state index contributed by atoms with van der Waals surface area (Å²) in [6.07, 6.45) is -1.46. The molecule has 3 N–H and O–H groups in total. The fraction of sp³-hybridized carbons (Fsp3) is 0.613. The molecular formula is C31H32F6N8O2. The Morgan fingerprint density at radius 2 is 1.94 bits per heavy atom. The highest BCUT2D eigenvalue weighted by molar-refractivity contribution is 5.97. The number of hydrogen-bond donors (Lipinski definition) is 2. The van der Waals surface area contributed by atoms with E-state index in [1.807, 2.05) is 4.90 Å². The Hall–Kier alpha value is -3.66. The number of hydrogen-bond acceptors (Lipinski definition) is 10. The first-order chi connectivity index (χ1) is 22.3. The summed E-state index contributed by atoms with van der Waals surface area (Å²) >= 11 is 0. The van der Waals surface area contributed by atoms with Crippen molar-refractivity contribution in [1.29, 1.82) is 0 Å². The number of aromatic nitrogens is 4. The van der Waals surface area contributed by atoms with E-state index in [-0.39, 0.29) is 84.9 Å². The van der Waals surface area contributed by atoms with E-state index in [1.54, 1.807) is 0 Å². The van der Waals surface area contributed by atoms with Crippen molar-refractivity contribution in [2.45, 2.75) is 81.2 Å². The maximum Gasteiger partial charge on any atom is 0.418 e. The highest BCUT2D eigenvalue weighted by atomic mass is 19.4. The number of fused-ring (bicyclic) bond motifs is 6. The first-order valence-corrected chi connectivity index (χ1v) is 15.9. The Morgan fingerprint density at radius 1 is 1.13 bits per heavy atom. The molecular weight excluding hydrogens is 630 g/mol. The summed E-state index contributed by atoms with van der Waals surface area (Å²) in [5.41, 5.74) is 0.932. The summed E-state index contributed by atoms with van der Waals surface area (Å²) in [7, 11) is 0. The van der Waals surface area contributed by atoms with Crippen LogP contribution in [0.15, 0.2) is 6.07 Å². The highest BCUT2D eigenvalue weighted by Gasteiger charge is 2.77. The fourth-order valence-corrected chi connectivity index (χ4v) is 9.02. The van der Waals surface area contributed by atoms with Crippen molar-refractivity contribution in [3.63, 3.8) is 0 Å². The van der Waals surface area contributed by atoms with E-state index >= 15 is 4.39 Å². The molecule has 47 heavy (non-hydrogen) atoms. The molecule has 250 valence electrons. The number of ether oxygens (including phenoxy) is 2. The molecule has 4 saturated heterocycles. The Bertz CT molecular complexity index is 1840. The minimum atomic E-state index is -4.89. The van der Waals surface area contributed by atoms with Crippen molar-refractivity contribution >= 4 is 22.5 Å². The lowest BCUT2D eigenvalue weighted by atomic mass is 9.89. The maximum absolute atomic E-state index is 16.7. The molecule has 1 saturated carbocycles. The summed E-state index contributed by atoms with van der Waals surface area (Å²) in [4.78, 5) is 21.4. The molecule has 5 fully saturated rings. The van der Waals surface area contributed by atoms with Gasteiger partial charge in [0, 0.05) is 31.6 Å². The zero-order valence-electron chi connectivity index (χ0n) is 25.4. The first-order valence-electron chi connectivity index (χ1n) is 15.9. The van der Waals surface area contributed by atoms with Crippen molar-refractivity contribution in [2.24, 2.45) is 5.41 Å². The number of nitrogens with one attached hydrogen (secondary N) is 1. The van der Waals surface area contributed by atoms with Crippen LogP contribution in [0.4, 0.5) is 38.0 Å². The molecule has 1 aliphatic carbocycles. The topological polar surface area (TPSA) is 115 Å². The molecule has 5 aliphatic heterocycles. The number of halogens is 6. The molecule has 0 amide bonds. The normalized spacial score (nSPS) is 32.0. The number of nitrogens with zero attached hydrogens (tertiary/aromatic N) is 6. The van der Waals surface area contributed by atoms with Crippen LogP contribution in [0.25, 0.3) is 22.3 Å². The Balaban J connectivity index is 1.19. The zero-order chi connectivity index (χ0) is 32.7. The van der Waals surface area contributed by atoms with E-state index in [2.05, 4.69) is 25.2 Å². The number of pyridine rings is 2. The summed E-state index contributed by atoms with van der Waals surface area (Å²) in [6, 6.07) is 0.837. The lowest BCUT2D eigenvalue weighted by Gasteiger charge is -2.40. The molecule has 6 aliphatic rings. The van der Waals surface area contributed by atoms with E-state index < -0.39 is 45.8 Å². The number of rotatable bonds is 4. The molecule has 10 nitrogen and oxygen atoms in total. The SMILES string of the molecule is Cc1cc(N)nc(-c2nc3c4c(nc(OC[C@@]56CCCN5CC5(CC5(F)F)C6)nc4c2F)N2C[C@H]4CC[C@H](N4)[C@H]2CO3)c1C(F)(F)F. The summed E-state index contributed by atoms with van der Waals surface area (Å²) in [5.74, 6) is -3.91. The second-order valence-electron chi connectivity index (χ2n) is 14.2. The van der Waals surface area contributed by atoms with E-state index in [9.17, 15) is 22.0 Å². The first kappa shape index (κ1) is 29.5.